The summed E-state index contributed by atoms with van der Waals surface area (Å²) in [7, 11) is 0. The first-order chi connectivity index (χ1) is 14.0. The number of carbonyl (C=O) groups excluding carboxylic acids is 1. The van der Waals surface area contributed by atoms with Gasteiger partial charge < -0.3 is 5.32 Å². The van der Waals surface area contributed by atoms with E-state index in [2.05, 4.69) is 22.4 Å². The number of benzene rings is 2. The molecule has 0 aliphatic heterocycles. The molecule has 0 unspecified atom stereocenters. The molecule has 6 nitrogen and oxygen atoms in total. The minimum absolute atomic E-state index is 0.0820. The van der Waals surface area contributed by atoms with Crippen molar-refractivity contribution in [1.82, 2.24) is 0 Å². The number of amides is 1. The number of rotatable bonds is 5. The van der Waals surface area contributed by atoms with Gasteiger partial charge in [0, 0.05) is 11.3 Å². The van der Waals surface area contributed by atoms with Crippen LogP contribution in [0.1, 0.15) is 16.7 Å². The molecule has 2 aromatic carbocycles. The van der Waals surface area contributed by atoms with Crippen LogP contribution in [-0.2, 0) is 4.79 Å². The van der Waals surface area contributed by atoms with Gasteiger partial charge in [0.25, 0.3) is 5.82 Å². The van der Waals surface area contributed by atoms with Gasteiger partial charge in [-0.05, 0) is 30.2 Å². The highest BCUT2D eigenvalue weighted by Crippen LogP contribution is 2.33. The first-order valence-corrected chi connectivity index (χ1v) is 9.75. The molecular weight excluding hydrogens is 382 g/mol. The highest BCUT2D eigenvalue weighted by molar-refractivity contribution is 7.99. The van der Waals surface area contributed by atoms with E-state index in [9.17, 15) is 15.3 Å². The second kappa shape index (κ2) is 8.92. The molecule has 0 aliphatic carbocycles. The number of nitriles is 2. The Kier molecular flexibility index (Phi) is 6.13. The number of hydrogen-bond donors (Lipinski definition) is 2. The van der Waals surface area contributed by atoms with Gasteiger partial charge in [0.05, 0.1) is 5.75 Å². The summed E-state index contributed by atoms with van der Waals surface area (Å²) in [5.74, 6) is 0.0348. The molecule has 1 amide bonds. The fraction of sp³-hybridized carbons (Fsp3) is 0.0909. The molecule has 0 aliphatic rings. The molecule has 3 aromatic rings. The molecule has 0 bridgehead atoms. The lowest BCUT2D eigenvalue weighted by molar-refractivity contribution is -0.410. The summed E-state index contributed by atoms with van der Waals surface area (Å²) in [5.41, 5.74) is 9.47. The average Bonchev–Trinajstić information content (AvgIpc) is 2.72. The van der Waals surface area contributed by atoms with Gasteiger partial charge in [-0.25, -0.2) is 4.98 Å². The second-order valence-corrected chi connectivity index (χ2v) is 7.27. The first kappa shape index (κ1) is 19.9. The number of hydrogen-bond acceptors (Lipinski definition) is 5. The maximum atomic E-state index is 12.3. The minimum atomic E-state index is -0.206. The third kappa shape index (κ3) is 4.55. The van der Waals surface area contributed by atoms with E-state index in [-0.39, 0.29) is 28.6 Å². The number of anilines is 2. The van der Waals surface area contributed by atoms with E-state index >= 15 is 0 Å². The van der Waals surface area contributed by atoms with Gasteiger partial charge in [-0.15, -0.1) is 0 Å². The summed E-state index contributed by atoms with van der Waals surface area (Å²) >= 11 is 1.17. The number of pyridine rings is 1. The number of aromatic amines is 1. The maximum Gasteiger partial charge on any atom is 0.289 e. The Hall–Kier alpha value is -3.81. The Labute approximate surface area is 173 Å². The van der Waals surface area contributed by atoms with E-state index < -0.39 is 0 Å². The second-order valence-electron chi connectivity index (χ2n) is 6.29. The molecule has 142 valence electrons. The van der Waals surface area contributed by atoms with E-state index in [1.807, 2.05) is 61.5 Å². The lowest BCUT2D eigenvalue weighted by Crippen LogP contribution is -2.21. The van der Waals surface area contributed by atoms with Gasteiger partial charge in [0.15, 0.2) is 5.03 Å². The fourth-order valence-corrected chi connectivity index (χ4v) is 3.72. The van der Waals surface area contributed by atoms with Crippen molar-refractivity contribution in [1.29, 1.82) is 10.5 Å². The summed E-state index contributed by atoms with van der Waals surface area (Å²) in [5, 5.41) is 22.6. The summed E-state index contributed by atoms with van der Waals surface area (Å²) in [6, 6.07) is 20.9. The molecule has 0 atom stereocenters. The summed E-state index contributed by atoms with van der Waals surface area (Å²) in [4.78, 5) is 15.2. The molecule has 4 N–H and O–H groups in total. The minimum Gasteiger partial charge on any atom is -0.325 e. The molecule has 1 aromatic heterocycles. The van der Waals surface area contributed by atoms with Crippen molar-refractivity contribution in [2.75, 3.05) is 16.8 Å². The van der Waals surface area contributed by atoms with Crippen LogP contribution in [0.25, 0.3) is 11.1 Å². The predicted octanol–water partition coefficient (Wildman–Crippen LogP) is 3.53. The molecule has 0 fully saturated rings. The number of nitrogens with zero attached hydrogens (tertiary/aromatic N) is 2. The molecule has 0 radical (unpaired) electrons. The third-order valence-electron chi connectivity index (χ3n) is 4.18. The first-order valence-electron chi connectivity index (χ1n) is 8.77. The number of carbonyl (C=O) groups is 1. The number of nitrogens with two attached hydrogens (primary N) is 1. The predicted molar refractivity (Wildman–Crippen MR) is 113 cm³/mol. The van der Waals surface area contributed by atoms with Gasteiger partial charge in [-0.1, -0.05) is 54.2 Å². The van der Waals surface area contributed by atoms with Crippen molar-refractivity contribution in [2.45, 2.75) is 11.9 Å². The standard InChI is InChI=1S/C22H17N5OS/c1-14-6-5-9-16(10-14)26-19(28)13-29-22-18(12-24)20(15-7-3-2-4-8-15)17(11-23)21(25)27-22/h2-10H,13H2,1H3,(H2,25,27)(H,26,28)/p+1. The monoisotopic (exact) mass is 400 g/mol. The van der Waals surface area contributed by atoms with Gasteiger partial charge >= 0.3 is 0 Å². The van der Waals surface area contributed by atoms with Crippen LogP contribution in [0.2, 0.25) is 0 Å². The van der Waals surface area contributed by atoms with E-state index in [1.165, 1.54) is 11.8 Å². The molecular formula is C22H18N5OS+. The number of nitrogens with one attached hydrogen (secondary N) is 2. The fourth-order valence-electron chi connectivity index (χ4n) is 2.90. The van der Waals surface area contributed by atoms with Crippen molar-refractivity contribution in [3.8, 4) is 23.3 Å². The van der Waals surface area contributed by atoms with E-state index in [0.29, 0.717) is 21.8 Å². The van der Waals surface area contributed by atoms with Gasteiger partial charge in [-0.3, -0.25) is 10.5 Å². The molecule has 29 heavy (non-hydrogen) atoms. The van der Waals surface area contributed by atoms with Crippen LogP contribution in [0.5, 0.6) is 0 Å². The number of H-pyrrole nitrogens is 1. The molecule has 7 heteroatoms. The summed E-state index contributed by atoms with van der Waals surface area (Å²) in [6.45, 7) is 1.95. The van der Waals surface area contributed by atoms with Crippen molar-refractivity contribution in [3.63, 3.8) is 0 Å². The zero-order valence-corrected chi connectivity index (χ0v) is 16.5. The van der Waals surface area contributed by atoms with Crippen molar-refractivity contribution in [2.24, 2.45) is 0 Å². The summed E-state index contributed by atoms with van der Waals surface area (Å²) < 4.78 is 0. The third-order valence-corrected chi connectivity index (χ3v) is 5.18. The summed E-state index contributed by atoms with van der Waals surface area (Å²) in [6.07, 6.45) is 0. The normalized spacial score (nSPS) is 10.0. The maximum absolute atomic E-state index is 12.3. The smallest absolute Gasteiger partial charge is 0.289 e. The van der Waals surface area contributed by atoms with Crippen LogP contribution >= 0.6 is 11.8 Å². The van der Waals surface area contributed by atoms with Crippen LogP contribution < -0.4 is 16.0 Å². The molecule has 0 spiro atoms. The quantitative estimate of drug-likeness (QED) is 0.635. The number of aromatic nitrogens is 1. The van der Waals surface area contributed by atoms with Crippen molar-refractivity contribution >= 4 is 29.2 Å². The number of aryl methyl sites for hydroxylation is 1. The molecule has 0 saturated carbocycles. The average molecular weight is 400 g/mol. The molecule has 0 saturated heterocycles. The van der Waals surface area contributed by atoms with E-state index in [4.69, 9.17) is 5.73 Å². The van der Waals surface area contributed by atoms with E-state index in [1.54, 1.807) is 0 Å². The van der Waals surface area contributed by atoms with Crippen LogP contribution in [-0.4, -0.2) is 11.7 Å². The zero-order chi connectivity index (χ0) is 20.8. The Morgan fingerprint density at radius 1 is 1.10 bits per heavy atom. The number of thioether (sulfide) groups is 1. The Morgan fingerprint density at radius 2 is 1.83 bits per heavy atom. The molecule has 3 rings (SSSR count). The lowest BCUT2D eigenvalue weighted by Gasteiger charge is -2.10. The Bertz CT molecular complexity index is 1150. The lowest BCUT2D eigenvalue weighted by atomic mass is 9.97. The van der Waals surface area contributed by atoms with Crippen LogP contribution in [0.15, 0.2) is 59.6 Å². The van der Waals surface area contributed by atoms with Gasteiger partial charge in [-0.2, -0.15) is 10.5 Å². The zero-order valence-electron chi connectivity index (χ0n) is 15.7. The van der Waals surface area contributed by atoms with Crippen LogP contribution in [0.3, 0.4) is 0 Å². The van der Waals surface area contributed by atoms with Gasteiger partial charge in [0.1, 0.15) is 23.3 Å². The number of nitrogen functional groups attached to an aromatic ring is 1. The van der Waals surface area contributed by atoms with Gasteiger partial charge in [0.2, 0.25) is 5.91 Å². The van der Waals surface area contributed by atoms with Crippen LogP contribution in [0.4, 0.5) is 11.5 Å². The van der Waals surface area contributed by atoms with E-state index in [0.717, 1.165) is 5.56 Å². The van der Waals surface area contributed by atoms with Crippen LogP contribution in [0, 0.1) is 29.6 Å². The van der Waals surface area contributed by atoms with Crippen molar-refractivity contribution in [3.05, 3.63) is 71.3 Å². The SMILES string of the molecule is Cc1cccc(NC(=O)CSc2[nH+]c(N)c(C#N)c(-c3ccccc3)c2C#N)c1. The van der Waals surface area contributed by atoms with Crippen molar-refractivity contribution < 1.29 is 9.78 Å². The highest BCUT2D eigenvalue weighted by Gasteiger charge is 2.24. The highest BCUT2D eigenvalue weighted by atomic mass is 32.2. The topological polar surface area (TPSA) is 117 Å². The molecule has 1 heterocycles. The largest absolute Gasteiger partial charge is 0.325 e. The Morgan fingerprint density at radius 3 is 2.48 bits per heavy atom. The Balaban J connectivity index is 1.90.